The molecular weight excluding hydrogens is 629 g/mol. The molecule has 0 aliphatic heterocycles. The number of aromatic nitrogens is 6. The number of pyridine rings is 1. The molecule has 250 valence electrons. The normalized spacial score (nSPS) is 11.8. The van der Waals surface area contributed by atoms with Gasteiger partial charge in [0.05, 0.1) is 44.8 Å². The second kappa shape index (κ2) is 11.4. The van der Waals surface area contributed by atoms with Crippen LogP contribution in [0.2, 0.25) is 0 Å². The maximum absolute atomic E-state index is 6.59. The van der Waals surface area contributed by atoms with E-state index in [2.05, 4.69) is 133 Å². The quantitative estimate of drug-likeness (QED) is 0.183. The zero-order valence-electron chi connectivity index (χ0n) is 29.9. The molecule has 0 spiro atoms. The lowest BCUT2D eigenvalue weighted by Gasteiger charge is -2.15. The van der Waals surface area contributed by atoms with Crippen LogP contribution in [0.5, 0.6) is 11.5 Å². The molecule has 7 nitrogen and oxygen atoms in total. The standard InChI is InChI=1S/C44H38N6O/c1-25-20-33(50-31(7)30(6)46-47-50)22-35(21-25)51-34-14-17-37-36-10-8-9-11-40(36)49(41(37)24-34)42-23-32(18-19-45-42)48-43-28(4)26(2)12-15-38(43)39-16-13-27(3)29(5)44(39)48/h8-24H,1-7H3. The predicted octanol–water partition coefficient (Wildman–Crippen LogP) is 10.8. The molecule has 0 amide bonds. The van der Waals surface area contributed by atoms with Crippen molar-refractivity contribution in [1.29, 1.82) is 0 Å². The molecule has 0 saturated carbocycles. The van der Waals surface area contributed by atoms with Crippen LogP contribution >= 0.6 is 0 Å². The van der Waals surface area contributed by atoms with E-state index in [4.69, 9.17) is 9.72 Å². The topological polar surface area (TPSA) is 62.7 Å². The Morgan fingerprint density at radius 1 is 0.549 bits per heavy atom. The van der Waals surface area contributed by atoms with Crippen molar-refractivity contribution in [3.8, 4) is 28.7 Å². The van der Waals surface area contributed by atoms with E-state index in [-0.39, 0.29) is 0 Å². The number of fused-ring (bicyclic) bond motifs is 6. The summed E-state index contributed by atoms with van der Waals surface area (Å²) in [5, 5.41) is 13.5. The third kappa shape index (κ3) is 4.76. The van der Waals surface area contributed by atoms with Gasteiger partial charge in [0.2, 0.25) is 0 Å². The molecule has 0 aliphatic rings. The molecule has 9 aromatic rings. The maximum Gasteiger partial charge on any atom is 0.139 e. The van der Waals surface area contributed by atoms with Crippen molar-refractivity contribution in [2.75, 3.05) is 0 Å². The molecule has 51 heavy (non-hydrogen) atoms. The molecule has 5 aromatic carbocycles. The number of para-hydroxylation sites is 1. The van der Waals surface area contributed by atoms with Crippen LogP contribution in [0.1, 0.15) is 39.2 Å². The summed E-state index contributed by atoms with van der Waals surface area (Å²) in [7, 11) is 0. The van der Waals surface area contributed by atoms with Crippen molar-refractivity contribution in [2.45, 2.75) is 48.5 Å². The van der Waals surface area contributed by atoms with E-state index in [1.165, 1.54) is 44.1 Å². The van der Waals surface area contributed by atoms with Crippen molar-refractivity contribution in [1.82, 2.24) is 29.1 Å². The first-order valence-electron chi connectivity index (χ1n) is 17.4. The van der Waals surface area contributed by atoms with Gasteiger partial charge in [0.15, 0.2) is 0 Å². The molecule has 0 N–H and O–H groups in total. The number of aryl methyl sites for hydroxylation is 6. The Morgan fingerprint density at radius 3 is 1.94 bits per heavy atom. The van der Waals surface area contributed by atoms with Crippen molar-refractivity contribution in [2.24, 2.45) is 0 Å². The fraction of sp³-hybridized carbons (Fsp3) is 0.159. The van der Waals surface area contributed by atoms with E-state index in [0.29, 0.717) is 0 Å². The Kier molecular flexibility index (Phi) is 6.90. The van der Waals surface area contributed by atoms with Gasteiger partial charge >= 0.3 is 0 Å². The van der Waals surface area contributed by atoms with Gasteiger partial charge in [-0.25, -0.2) is 9.67 Å². The van der Waals surface area contributed by atoms with Gasteiger partial charge < -0.3 is 9.30 Å². The van der Waals surface area contributed by atoms with Crippen LogP contribution in [0.15, 0.2) is 103 Å². The Hall–Kier alpha value is -6.21. The monoisotopic (exact) mass is 666 g/mol. The maximum atomic E-state index is 6.59. The van der Waals surface area contributed by atoms with Gasteiger partial charge in [-0.3, -0.25) is 4.57 Å². The summed E-state index contributed by atoms with van der Waals surface area (Å²) in [4.78, 5) is 5.01. The van der Waals surface area contributed by atoms with Crippen LogP contribution in [-0.2, 0) is 0 Å². The van der Waals surface area contributed by atoms with Crippen LogP contribution in [-0.4, -0.2) is 29.1 Å². The van der Waals surface area contributed by atoms with Crippen LogP contribution in [0, 0.1) is 48.5 Å². The minimum absolute atomic E-state index is 0.738. The molecule has 4 heterocycles. The first kappa shape index (κ1) is 30.8. The van der Waals surface area contributed by atoms with Crippen molar-refractivity contribution < 1.29 is 4.74 Å². The Labute approximate surface area is 296 Å². The Balaban J connectivity index is 1.23. The van der Waals surface area contributed by atoms with Gasteiger partial charge in [-0.2, -0.15) is 0 Å². The summed E-state index contributed by atoms with van der Waals surface area (Å²) in [6, 6.07) is 34.4. The molecule has 0 unspecified atom stereocenters. The molecule has 0 aliphatic carbocycles. The van der Waals surface area contributed by atoms with E-state index in [0.717, 1.165) is 67.4 Å². The zero-order valence-corrected chi connectivity index (χ0v) is 29.9. The fourth-order valence-corrected chi connectivity index (χ4v) is 7.61. The number of hydrogen-bond donors (Lipinski definition) is 0. The summed E-state index contributed by atoms with van der Waals surface area (Å²) < 4.78 is 13.1. The van der Waals surface area contributed by atoms with Gasteiger partial charge in [0.1, 0.15) is 17.3 Å². The lowest BCUT2D eigenvalue weighted by atomic mass is 10.0. The second-order valence-electron chi connectivity index (χ2n) is 13.8. The average Bonchev–Trinajstić information content (AvgIpc) is 3.76. The summed E-state index contributed by atoms with van der Waals surface area (Å²) in [6.45, 7) is 14.9. The minimum atomic E-state index is 0.738. The highest BCUT2D eigenvalue weighted by molar-refractivity contribution is 6.12. The summed E-state index contributed by atoms with van der Waals surface area (Å²) in [5.74, 6) is 2.32. The molecular formula is C44H38N6O. The summed E-state index contributed by atoms with van der Waals surface area (Å²) in [6.07, 6.45) is 1.93. The van der Waals surface area contributed by atoms with Gasteiger partial charge in [0.25, 0.3) is 0 Å². The number of rotatable bonds is 5. The summed E-state index contributed by atoms with van der Waals surface area (Å²) >= 11 is 0. The SMILES string of the molecule is Cc1cc(Oc2ccc3c4ccccc4n(-c4cc(-n5c6c(C)c(C)ccc6c6ccc(C)c(C)c65)ccn4)c3c2)cc(-n2nnc(C)c2C)c1. The molecule has 9 rings (SSSR count). The van der Waals surface area contributed by atoms with Gasteiger partial charge in [-0.1, -0.05) is 47.7 Å². The van der Waals surface area contributed by atoms with E-state index in [1.54, 1.807) is 0 Å². The molecule has 0 saturated heterocycles. The predicted molar refractivity (Wildman–Crippen MR) is 208 cm³/mol. The molecule has 0 bridgehead atoms. The zero-order chi connectivity index (χ0) is 35.1. The third-order valence-corrected chi connectivity index (χ3v) is 10.6. The van der Waals surface area contributed by atoms with Gasteiger partial charge in [-0.05, 0) is 113 Å². The molecule has 7 heteroatoms. The number of benzene rings is 5. The Bertz CT molecular complexity index is 2800. The first-order chi connectivity index (χ1) is 24.7. The second-order valence-corrected chi connectivity index (χ2v) is 13.8. The largest absolute Gasteiger partial charge is 0.457 e. The van der Waals surface area contributed by atoms with Gasteiger partial charge in [0, 0.05) is 45.9 Å². The Morgan fingerprint density at radius 2 is 1.24 bits per heavy atom. The smallest absolute Gasteiger partial charge is 0.139 e. The van der Waals surface area contributed by atoms with E-state index in [9.17, 15) is 0 Å². The average molecular weight is 667 g/mol. The van der Waals surface area contributed by atoms with E-state index >= 15 is 0 Å². The molecule has 0 fully saturated rings. The van der Waals surface area contributed by atoms with E-state index < -0.39 is 0 Å². The first-order valence-corrected chi connectivity index (χ1v) is 17.4. The van der Waals surface area contributed by atoms with Gasteiger partial charge in [-0.15, -0.1) is 5.10 Å². The van der Waals surface area contributed by atoms with Crippen LogP contribution in [0.3, 0.4) is 0 Å². The number of ether oxygens (including phenoxy) is 1. The minimum Gasteiger partial charge on any atom is -0.457 e. The lowest BCUT2D eigenvalue weighted by Crippen LogP contribution is -2.03. The highest BCUT2D eigenvalue weighted by atomic mass is 16.5. The molecule has 4 aromatic heterocycles. The summed E-state index contributed by atoms with van der Waals surface area (Å²) in [5.41, 5.74) is 14.7. The highest BCUT2D eigenvalue weighted by Crippen LogP contribution is 2.39. The van der Waals surface area contributed by atoms with Crippen molar-refractivity contribution in [3.63, 3.8) is 0 Å². The number of nitrogens with zero attached hydrogens (tertiary/aromatic N) is 6. The molecule has 0 atom stereocenters. The van der Waals surface area contributed by atoms with Crippen LogP contribution in [0.4, 0.5) is 0 Å². The highest BCUT2D eigenvalue weighted by Gasteiger charge is 2.20. The van der Waals surface area contributed by atoms with Crippen molar-refractivity contribution in [3.05, 3.63) is 142 Å². The van der Waals surface area contributed by atoms with Crippen LogP contribution in [0.25, 0.3) is 60.8 Å². The van der Waals surface area contributed by atoms with E-state index in [1.807, 2.05) is 42.9 Å². The van der Waals surface area contributed by atoms with Crippen molar-refractivity contribution >= 4 is 43.6 Å². The third-order valence-electron chi connectivity index (χ3n) is 10.6. The lowest BCUT2D eigenvalue weighted by molar-refractivity contribution is 0.482. The fourth-order valence-electron chi connectivity index (χ4n) is 7.61. The number of hydrogen-bond acceptors (Lipinski definition) is 4. The van der Waals surface area contributed by atoms with Crippen LogP contribution < -0.4 is 4.74 Å². The molecule has 0 radical (unpaired) electrons.